The summed E-state index contributed by atoms with van der Waals surface area (Å²) < 4.78 is 42.5. The lowest BCUT2D eigenvalue weighted by Gasteiger charge is -2.40. The van der Waals surface area contributed by atoms with E-state index in [0.29, 0.717) is 24.3 Å². The predicted molar refractivity (Wildman–Crippen MR) is 87.2 cm³/mol. The first-order valence-corrected chi connectivity index (χ1v) is 8.02. The molecule has 2 heterocycles. The number of piperidine rings is 1. The Kier molecular flexibility index (Phi) is 4.97. The Bertz CT molecular complexity index is 770. The zero-order chi connectivity index (χ0) is 18.7. The Morgan fingerprint density at radius 2 is 2.04 bits per heavy atom. The van der Waals surface area contributed by atoms with Gasteiger partial charge in [-0.1, -0.05) is 18.2 Å². The Morgan fingerprint density at radius 1 is 1.27 bits per heavy atom. The minimum Gasteiger partial charge on any atom is -0.405 e. The lowest BCUT2D eigenvalue weighted by atomic mass is 9.86. The van der Waals surface area contributed by atoms with Gasteiger partial charge >= 0.3 is 6.36 Å². The van der Waals surface area contributed by atoms with Gasteiger partial charge in [0.15, 0.2) is 0 Å². The monoisotopic (exact) mass is 366 g/mol. The number of hydrogen-bond acceptors (Lipinski definition) is 5. The molecule has 3 rings (SSSR count). The van der Waals surface area contributed by atoms with Gasteiger partial charge in [0.05, 0.1) is 6.04 Å². The number of amides is 1. The van der Waals surface area contributed by atoms with Gasteiger partial charge in [-0.25, -0.2) is 9.97 Å². The quantitative estimate of drug-likeness (QED) is 0.900. The summed E-state index contributed by atoms with van der Waals surface area (Å²) in [4.78, 5) is 21.6. The van der Waals surface area contributed by atoms with Crippen molar-refractivity contribution in [1.82, 2.24) is 9.97 Å². The Labute approximate surface area is 147 Å². The fourth-order valence-corrected chi connectivity index (χ4v) is 3.22. The van der Waals surface area contributed by atoms with Crippen LogP contribution in [0.5, 0.6) is 5.75 Å². The third-order valence-corrected chi connectivity index (χ3v) is 4.37. The van der Waals surface area contributed by atoms with Crippen molar-refractivity contribution in [2.45, 2.75) is 25.2 Å². The lowest BCUT2D eigenvalue weighted by Crippen LogP contribution is -2.41. The predicted octanol–water partition coefficient (Wildman–Crippen LogP) is 2.82. The number of aromatic nitrogens is 2. The Balaban J connectivity index is 2.01. The number of rotatable bonds is 4. The maximum absolute atomic E-state index is 12.8. The van der Waals surface area contributed by atoms with Gasteiger partial charge in [-0.3, -0.25) is 4.79 Å². The molecule has 1 saturated heterocycles. The van der Waals surface area contributed by atoms with E-state index < -0.39 is 24.2 Å². The minimum absolute atomic E-state index is 0.275. The molecule has 2 atom stereocenters. The van der Waals surface area contributed by atoms with Crippen LogP contribution in [-0.4, -0.2) is 28.8 Å². The van der Waals surface area contributed by atoms with Crippen molar-refractivity contribution in [3.8, 4) is 5.75 Å². The van der Waals surface area contributed by atoms with E-state index in [1.54, 1.807) is 24.4 Å². The molecule has 1 aromatic carbocycles. The van der Waals surface area contributed by atoms with Gasteiger partial charge in [0.2, 0.25) is 5.91 Å². The maximum atomic E-state index is 12.8. The highest BCUT2D eigenvalue weighted by molar-refractivity contribution is 5.77. The number of carbonyl (C=O) groups excluding carboxylic acids is 1. The van der Waals surface area contributed by atoms with Gasteiger partial charge in [0, 0.05) is 24.2 Å². The summed E-state index contributed by atoms with van der Waals surface area (Å²) in [5.74, 6) is -0.632. The molecular weight excluding hydrogens is 349 g/mol. The molecule has 1 amide bonds. The van der Waals surface area contributed by atoms with Gasteiger partial charge in [-0.2, -0.15) is 0 Å². The number of para-hydroxylation sites is 1. The Hall–Kier alpha value is -2.84. The number of carbonyl (C=O) groups is 1. The van der Waals surface area contributed by atoms with E-state index in [2.05, 4.69) is 14.7 Å². The summed E-state index contributed by atoms with van der Waals surface area (Å²) in [5.41, 5.74) is 5.77. The summed E-state index contributed by atoms with van der Waals surface area (Å²) in [6.07, 6.45) is -1.12. The summed E-state index contributed by atoms with van der Waals surface area (Å²) in [5, 5.41) is 0. The van der Waals surface area contributed by atoms with Crippen LogP contribution in [0.25, 0.3) is 0 Å². The van der Waals surface area contributed by atoms with E-state index in [-0.39, 0.29) is 12.2 Å². The van der Waals surface area contributed by atoms with Gasteiger partial charge < -0.3 is 15.4 Å². The average molecular weight is 366 g/mol. The van der Waals surface area contributed by atoms with E-state index >= 15 is 0 Å². The van der Waals surface area contributed by atoms with Crippen molar-refractivity contribution in [3.63, 3.8) is 0 Å². The van der Waals surface area contributed by atoms with Crippen molar-refractivity contribution in [2.24, 2.45) is 11.7 Å². The number of alkyl halides is 3. The van der Waals surface area contributed by atoms with Crippen LogP contribution >= 0.6 is 0 Å². The molecule has 6 nitrogen and oxygen atoms in total. The highest BCUT2D eigenvalue weighted by Crippen LogP contribution is 2.41. The number of nitrogens with zero attached hydrogens (tertiary/aromatic N) is 3. The molecular formula is C17H17F3N4O2. The summed E-state index contributed by atoms with van der Waals surface area (Å²) >= 11 is 0. The highest BCUT2D eigenvalue weighted by atomic mass is 19.4. The lowest BCUT2D eigenvalue weighted by molar-refractivity contribution is -0.275. The van der Waals surface area contributed by atoms with Crippen LogP contribution in [-0.2, 0) is 4.79 Å². The van der Waals surface area contributed by atoms with Crippen LogP contribution in [0.2, 0.25) is 0 Å². The number of halogens is 3. The van der Waals surface area contributed by atoms with Crippen molar-refractivity contribution in [2.75, 3.05) is 11.4 Å². The van der Waals surface area contributed by atoms with Crippen molar-refractivity contribution >= 4 is 11.7 Å². The second-order valence-corrected chi connectivity index (χ2v) is 5.99. The third-order valence-electron chi connectivity index (χ3n) is 4.37. The second-order valence-electron chi connectivity index (χ2n) is 5.99. The number of primary amides is 1. The van der Waals surface area contributed by atoms with E-state index in [4.69, 9.17) is 5.73 Å². The fourth-order valence-electron chi connectivity index (χ4n) is 3.22. The minimum atomic E-state index is -4.81. The molecule has 0 radical (unpaired) electrons. The highest BCUT2D eigenvalue weighted by Gasteiger charge is 2.37. The number of nitrogens with two attached hydrogens (primary N) is 1. The molecule has 0 spiro atoms. The first-order valence-electron chi connectivity index (χ1n) is 8.02. The van der Waals surface area contributed by atoms with Crippen LogP contribution in [0, 0.1) is 5.92 Å². The van der Waals surface area contributed by atoms with Crippen LogP contribution in [0.3, 0.4) is 0 Å². The van der Waals surface area contributed by atoms with Gasteiger partial charge in [0.1, 0.15) is 17.9 Å². The molecule has 2 unspecified atom stereocenters. The Morgan fingerprint density at radius 3 is 2.69 bits per heavy atom. The molecule has 26 heavy (non-hydrogen) atoms. The van der Waals surface area contributed by atoms with Crippen LogP contribution < -0.4 is 15.4 Å². The second kappa shape index (κ2) is 7.19. The van der Waals surface area contributed by atoms with Crippen LogP contribution in [0.15, 0.2) is 42.9 Å². The van der Waals surface area contributed by atoms with E-state index in [9.17, 15) is 18.0 Å². The van der Waals surface area contributed by atoms with Crippen molar-refractivity contribution in [1.29, 1.82) is 0 Å². The van der Waals surface area contributed by atoms with Gasteiger partial charge in [-0.15, -0.1) is 13.2 Å². The fraction of sp³-hybridized carbons (Fsp3) is 0.353. The molecule has 0 aliphatic carbocycles. The number of ether oxygens (including phenoxy) is 1. The number of anilines is 1. The first-order chi connectivity index (χ1) is 12.3. The third kappa shape index (κ3) is 4.04. The molecule has 1 fully saturated rings. The number of benzene rings is 1. The topological polar surface area (TPSA) is 81.3 Å². The van der Waals surface area contributed by atoms with Gasteiger partial charge in [0.25, 0.3) is 0 Å². The van der Waals surface area contributed by atoms with Crippen molar-refractivity contribution < 1.29 is 22.7 Å². The smallest absolute Gasteiger partial charge is 0.405 e. The standard InChI is InChI=1S/C17H17F3N4O2/c18-17(19,20)26-14-4-2-1-3-12(14)13-9-11(16(21)25)6-8-24(13)15-5-7-22-10-23-15/h1-5,7,10-11,13H,6,8-9H2,(H2,21,25). The maximum Gasteiger partial charge on any atom is 0.573 e. The zero-order valence-electron chi connectivity index (χ0n) is 13.7. The van der Waals surface area contributed by atoms with Crippen molar-refractivity contribution in [3.05, 3.63) is 48.4 Å². The van der Waals surface area contributed by atoms with Crippen LogP contribution in [0.1, 0.15) is 24.4 Å². The molecule has 0 saturated carbocycles. The average Bonchev–Trinajstić information content (AvgIpc) is 2.61. The molecule has 2 aromatic rings. The summed E-state index contributed by atoms with van der Waals surface area (Å²) in [7, 11) is 0. The largest absolute Gasteiger partial charge is 0.573 e. The SMILES string of the molecule is NC(=O)C1CCN(c2ccncn2)C(c2ccccc2OC(F)(F)F)C1. The molecule has 1 aliphatic heterocycles. The molecule has 1 aromatic heterocycles. The zero-order valence-corrected chi connectivity index (χ0v) is 13.7. The van der Waals surface area contributed by atoms with E-state index in [1.807, 2.05) is 4.90 Å². The first kappa shape index (κ1) is 18.0. The normalized spacial score (nSPS) is 20.7. The van der Waals surface area contributed by atoms with E-state index in [0.717, 1.165) is 0 Å². The molecule has 2 N–H and O–H groups in total. The van der Waals surface area contributed by atoms with E-state index in [1.165, 1.54) is 18.5 Å². The molecule has 9 heteroatoms. The van der Waals surface area contributed by atoms with Crippen LogP contribution in [0.4, 0.5) is 19.0 Å². The number of hydrogen-bond donors (Lipinski definition) is 1. The van der Waals surface area contributed by atoms with Gasteiger partial charge in [-0.05, 0) is 25.0 Å². The summed E-state index contributed by atoms with van der Waals surface area (Å²) in [6.45, 7) is 0.426. The summed E-state index contributed by atoms with van der Waals surface area (Å²) in [6, 6.07) is 7.05. The molecule has 1 aliphatic rings. The molecule has 138 valence electrons. The molecule has 0 bridgehead atoms.